The highest BCUT2D eigenvalue weighted by Gasteiger charge is 2.64. The van der Waals surface area contributed by atoms with Gasteiger partial charge < -0.3 is 43.0 Å². The van der Waals surface area contributed by atoms with Gasteiger partial charge in [-0.1, -0.05) is 6.07 Å². The number of nitrogens with one attached hydrogen (secondary N) is 1. The van der Waals surface area contributed by atoms with Gasteiger partial charge in [0.05, 0.1) is 49.7 Å². The van der Waals surface area contributed by atoms with E-state index in [-0.39, 0.29) is 54.3 Å². The lowest BCUT2D eigenvalue weighted by molar-refractivity contribution is -0.157. The summed E-state index contributed by atoms with van der Waals surface area (Å²) in [5, 5.41) is 26.4. The number of nitriles is 1. The van der Waals surface area contributed by atoms with E-state index in [9.17, 15) is 24.8 Å². The molecule has 2 fully saturated rings. The van der Waals surface area contributed by atoms with Crippen LogP contribution in [0.3, 0.4) is 0 Å². The van der Waals surface area contributed by atoms with Gasteiger partial charge in [-0.05, 0) is 81.8 Å². The molecule has 0 aliphatic carbocycles. The third-order valence-electron chi connectivity index (χ3n) is 13.0. The molecule has 0 radical (unpaired) electrons. The lowest BCUT2D eigenvalue weighted by atomic mass is 9.71. The molecular weight excluding hydrogens is 849 g/mol. The average molecular weight is 899 g/mol. The van der Waals surface area contributed by atoms with Gasteiger partial charge in [0.25, 0.3) is 0 Å². The summed E-state index contributed by atoms with van der Waals surface area (Å²) >= 11 is 1.34. The molecule has 10 rings (SSSR count). The third kappa shape index (κ3) is 6.56. The maximum absolute atomic E-state index is 15.1. The second-order valence-electron chi connectivity index (χ2n) is 17.9. The van der Waals surface area contributed by atoms with Crippen LogP contribution in [0.1, 0.15) is 96.5 Å². The molecule has 0 aromatic heterocycles. The van der Waals surface area contributed by atoms with Crippen LogP contribution in [0.15, 0.2) is 18.2 Å². The van der Waals surface area contributed by atoms with Crippen molar-refractivity contribution in [2.45, 2.75) is 108 Å². The molecular formula is C46H50N4O13S. The Balaban J connectivity index is 1.34. The molecule has 4 bridgehead atoms. The van der Waals surface area contributed by atoms with E-state index in [1.807, 2.05) is 17.9 Å². The molecule has 1 spiro atoms. The summed E-state index contributed by atoms with van der Waals surface area (Å²) in [6.07, 6.45) is -0.0329. The van der Waals surface area contributed by atoms with Crippen LogP contribution in [0.4, 0.5) is 4.79 Å². The van der Waals surface area contributed by atoms with Crippen molar-refractivity contribution in [2.24, 2.45) is 0 Å². The molecule has 17 nitrogen and oxygen atoms in total. The minimum absolute atomic E-state index is 0.00310. The van der Waals surface area contributed by atoms with Crippen LogP contribution in [0.5, 0.6) is 40.2 Å². The van der Waals surface area contributed by atoms with Crippen molar-refractivity contribution in [3.8, 4) is 46.3 Å². The number of ether oxygens (including phenoxy) is 8. The number of aromatic hydroxyl groups is 1. The Hall–Kier alpha value is -5.90. The van der Waals surface area contributed by atoms with E-state index in [1.165, 1.54) is 39.8 Å². The van der Waals surface area contributed by atoms with Gasteiger partial charge in [-0.2, -0.15) is 5.26 Å². The lowest BCUT2D eigenvalue weighted by Crippen LogP contribution is -2.71. The fraction of sp³-hybridized carbons (Fsp3) is 0.500. The molecule has 338 valence electrons. The summed E-state index contributed by atoms with van der Waals surface area (Å²) in [5.74, 6) is -0.314. The maximum atomic E-state index is 15.1. The number of phenolic OH excluding ortho intramolecular Hbond substituents is 1. The predicted molar refractivity (Wildman–Crippen MR) is 228 cm³/mol. The largest absolute Gasteiger partial charge is 0.504 e. The first kappa shape index (κ1) is 43.4. The van der Waals surface area contributed by atoms with Gasteiger partial charge in [-0.25, -0.2) is 9.59 Å². The monoisotopic (exact) mass is 898 g/mol. The topological polar surface area (TPSA) is 205 Å². The highest BCUT2D eigenvalue weighted by atomic mass is 32.2. The molecule has 2 N–H and O–H groups in total. The summed E-state index contributed by atoms with van der Waals surface area (Å²) in [4.78, 5) is 58.8. The number of carbonyl (C=O) groups excluding carboxylic acids is 4. The van der Waals surface area contributed by atoms with E-state index >= 15 is 4.79 Å². The van der Waals surface area contributed by atoms with Crippen molar-refractivity contribution >= 4 is 35.8 Å². The SMILES string of the molecule is COc1cc2c(cc1OC(C)=O)CCN[C@]21CS[C@@H]2c3c(OC(C)=O)c(C)c4c(c3[C@H](COC1=O)N1C2[C@H]2c3c(cc(C)c(OC)c3O)C[C@@H]([C@@H]1C#N)N2C(=O)OC(C)(C)C)OCO4. The summed E-state index contributed by atoms with van der Waals surface area (Å²) in [5.41, 5.74) is 2.19. The molecule has 7 aliphatic heterocycles. The third-order valence-corrected chi connectivity index (χ3v) is 14.4. The van der Waals surface area contributed by atoms with Crippen molar-refractivity contribution in [3.63, 3.8) is 0 Å². The maximum Gasteiger partial charge on any atom is 0.411 e. The molecule has 0 saturated carbocycles. The van der Waals surface area contributed by atoms with Crippen molar-refractivity contribution in [1.82, 2.24) is 15.1 Å². The molecule has 7 heterocycles. The number of hydrogen-bond donors (Lipinski definition) is 2. The zero-order valence-corrected chi connectivity index (χ0v) is 37.9. The van der Waals surface area contributed by atoms with E-state index in [0.29, 0.717) is 57.8 Å². The Morgan fingerprint density at radius 1 is 0.953 bits per heavy atom. The first-order chi connectivity index (χ1) is 30.4. The molecule has 64 heavy (non-hydrogen) atoms. The summed E-state index contributed by atoms with van der Waals surface area (Å²) in [6.45, 7) is 11.4. The minimum atomic E-state index is -1.51. The zero-order chi connectivity index (χ0) is 45.7. The van der Waals surface area contributed by atoms with Gasteiger partial charge in [-0.3, -0.25) is 24.7 Å². The fourth-order valence-electron chi connectivity index (χ4n) is 10.7. The van der Waals surface area contributed by atoms with E-state index in [2.05, 4.69) is 11.4 Å². The van der Waals surface area contributed by atoms with Crippen LogP contribution < -0.4 is 33.7 Å². The number of benzene rings is 3. The molecule has 3 aromatic rings. The summed E-state index contributed by atoms with van der Waals surface area (Å²) in [7, 11) is 2.91. The second-order valence-corrected chi connectivity index (χ2v) is 19.0. The van der Waals surface area contributed by atoms with Crippen LogP contribution >= 0.6 is 11.8 Å². The number of fused-ring (bicyclic) bond motifs is 9. The summed E-state index contributed by atoms with van der Waals surface area (Å²) in [6, 6.07) is 3.18. The minimum Gasteiger partial charge on any atom is -0.504 e. The van der Waals surface area contributed by atoms with Gasteiger partial charge in [0, 0.05) is 48.4 Å². The quantitative estimate of drug-likeness (QED) is 0.245. The first-order valence-corrected chi connectivity index (χ1v) is 22.1. The molecule has 2 saturated heterocycles. The smallest absolute Gasteiger partial charge is 0.411 e. The number of amides is 1. The highest BCUT2D eigenvalue weighted by molar-refractivity contribution is 7.99. The van der Waals surface area contributed by atoms with Crippen LogP contribution in [-0.2, 0) is 42.2 Å². The molecule has 7 atom stereocenters. The number of phenols is 1. The van der Waals surface area contributed by atoms with Crippen molar-refractivity contribution in [2.75, 3.05) is 39.9 Å². The number of esters is 3. The van der Waals surface area contributed by atoms with Gasteiger partial charge >= 0.3 is 24.0 Å². The van der Waals surface area contributed by atoms with E-state index in [0.717, 1.165) is 11.1 Å². The molecule has 1 unspecified atom stereocenters. The van der Waals surface area contributed by atoms with Crippen LogP contribution in [0.25, 0.3) is 0 Å². The van der Waals surface area contributed by atoms with E-state index in [1.54, 1.807) is 44.7 Å². The summed E-state index contributed by atoms with van der Waals surface area (Å²) < 4.78 is 48.1. The number of carbonyl (C=O) groups is 4. The normalized spacial score (nSPS) is 26.3. The van der Waals surface area contributed by atoms with E-state index < -0.39 is 70.6 Å². The van der Waals surface area contributed by atoms with Crippen LogP contribution in [0.2, 0.25) is 0 Å². The lowest BCUT2D eigenvalue weighted by Gasteiger charge is -2.62. The van der Waals surface area contributed by atoms with Gasteiger partial charge in [0.2, 0.25) is 6.79 Å². The van der Waals surface area contributed by atoms with Crippen LogP contribution in [-0.4, -0.2) is 103 Å². The Kier molecular flexibility index (Phi) is 10.6. The standard InChI is InChI=1S/C46H50N4O13S/c1-20-12-25-13-27-28(16-47)49-29-17-58-43(54)46(26-15-30(56-8)31(61-22(3)51)14-24(26)10-11-48-46)18-64-42(34-33(29)41-40(59-19-60-41)21(2)39(34)62-23(4)52)36(49)35(32(25)37(53)38(20)57-9)50(27)44(55)63-45(5,6)7/h12,14-15,27-29,35-36,42,48,53H,10-11,13,17-19H2,1-9H3/t27-,28-,29-,35+,36?,42+,46+/m0/s1. The van der Waals surface area contributed by atoms with Crippen molar-refractivity contribution < 1.29 is 62.2 Å². The van der Waals surface area contributed by atoms with Gasteiger partial charge in [0.15, 0.2) is 40.0 Å². The number of nitrogens with zero attached hydrogens (tertiary/aromatic N) is 3. The second kappa shape index (κ2) is 15.7. The number of rotatable bonds is 4. The molecule has 3 aromatic carbocycles. The zero-order valence-electron chi connectivity index (χ0n) is 37.0. The van der Waals surface area contributed by atoms with Crippen molar-refractivity contribution in [3.05, 3.63) is 62.7 Å². The van der Waals surface area contributed by atoms with E-state index in [4.69, 9.17) is 37.9 Å². The average Bonchev–Trinajstić information content (AvgIpc) is 3.72. The predicted octanol–water partition coefficient (Wildman–Crippen LogP) is 5.51. The number of thioether (sulfide) groups is 1. The number of piperazine rings is 1. The number of aryl methyl sites for hydroxylation is 1. The van der Waals surface area contributed by atoms with Gasteiger partial charge in [-0.15, -0.1) is 11.8 Å². The molecule has 18 heteroatoms. The molecule has 7 aliphatic rings. The fourth-order valence-corrected chi connectivity index (χ4v) is 12.4. The van der Waals surface area contributed by atoms with Crippen LogP contribution in [0, 0.1) is 25.2 Å². The number of methoxy groups -OCH3 is 2. The highest BCUT2D eigenvalue weighted by Crippen LogP contribution is 2.65. The molecule has 1 amide bonds. The number of hydrogen-bond acceptors (Lipinski definition) is 17. The van der Waals surface area contributed by atoms with Crippen molar-refractivity contribution in [1.29, 1.82) is 5.26 Å². The Morgan fingerprint density at radius 2 is 1.69 bits per heavy atom. The Bertz CT molecular complexity index is 2570. The Morgan fingerprint density at radius 3 is 2.36 bits per heavy atom. The first-order valence-electron chi connectivity index (χ1n) is 21.1. The Labute approximate surface area is 374 Å². The van der Waals surface area contributed by atoms with Gasteiger partial charge in [0.1, 0.15) is 24.0 Å².